The zero-order valence-electron chi connectivity index (χ0n) is 17.8. The maximum atomic E-state index is 13.3. The highest BCUT2D eigenvalue weighted by atomic mass is 16.5. The average Bonchev–Trinajstić information content (AvgIpc) is 2.76. The second-order valence-electron chi connectivity index (χ2n) is 8.14. The summed E-state index contributed by atoms with van der Waals surface area (Å²) < 4.78 is 5.18. The monoisotopic (exact) mass is 455 g/mol. The van der Waals surface area contributed by atoms with Gasteiger partial charge < -0.3 is 30.5 Å². The molecule has 0 radical (unpaired) electrons. The highest BCUT2D eigenvalue weighted by molar-refractivity contribution is 6.31. The van der Waals surface area contributed by atoms with E-state index >= 15 is 0 Å². The van der Waals surface area contributed by atoms with Crippen LogP contribution in [0, 0.1) is 0 Å². The number of phenolic OH excluding ortho intramolecular Hbond substituents is 2. The van der Waals surface area contributed by atoms with E-state index < -0.39 is 77.0 Å². The van der Waals surface area contributed by atoms with Crippen molar-refractivity contribution in [3.05, 3.63) is 51.6 Å². The lowest BCUT2D eigenvalue weighted by Gasteiger charge is -2.37. The largest absolute Gasteiger partial charge is 0.507 e. The van der Waals surface area contributed by atoms with Gasteiger partial charge in [-0.1, -0.05) is 12.1 Å². The summed E-state index contributed by atoms with van der Waals surface area (Å²) in [4.78, 5) is 50.2. The van der Waals surface area contributed by atoms with E-state index in [1.54, 1.807) is 0 Å². The molecule has 0 bridgehead atoms. The van der Waals surface area contributed by atoms with Crippen LogP contribution in [-0.4, -0.2) is 62.9 Å². The molecule has 172 valence electrons. The van der Waals surface area contributed by atoms with Gasteiger partial charge in [-0.05, 0) is 6.07 Å². The Labute approximate surface area is 187 Å². The molecule has 4 rings (SSSR count). The molecule has 0 spiro atoms. The molecular weight excluding hydrogens is 434 g/mol. The molecule has 33 heavy (non-hydrogen) atoms. The number of ether oxygens (including phenoxy) is 1. The van der Waals surface area contributed by atoms with Gasteiger partial charge >= 0.3 is 0 Å². The van der Waals surface area contributed by atoms with Crippen LogP contribution >= 0.6 is 0 Å². The van der Waals surface area contributed by atoms with E-state index in [0.29, 0.717) is 0 Å². The van der Waals surface area contributed by atoms with E-state index in [-0.39, 0.29) is 28.0 Å². The van der Waals surface area contributed by atoms with Crippen molar-refractivity contribution in [1.82, 2.24) is 5.32 Å². The smallest absolute Gasteiger partial charge is 0.217 e. The van der Waals surface area contributed by atoms with Gasteiger partial charge in [0.15, 0.2) is 11.6 Å². The molecule has 2 aliphatic rings. The fraction of sp³-hybridized carbons (Fsp3) is 0.304. The third kappa shape index (κ3) is 3.26. The van der Waals surface area contributed by atoms with Crippen LogP contribution < -0.4 is 10.1 Å². The minimum absolute atomic E-state index is 0.0464. The lowest BCUT2D eigenvalue weighted by atomic mass is 9.72. The summed E-state index contributed by atoms with van der Waals surface area (Å²) >= 11 is 0. The summed E-state index contributed by atoms with van der Waals surface area (Å²) in [5, 5.41) is 45.8. The number of hydrogen-bond donors (Lipinski definition) is 5. The van der Waals surface area contributed by atoms with Crippen LogP contribution in [0.1, 0.15) is 62.4 Å². The number of rotatable bonds is 4. The Kier molecular flexibility index (Phi) is 5.22. The summed E-state index contributed by atoms with van der Waals surface area (Å²) in [6.45, 7) is 0.671. The number of nitrogens with one attached hydrogen (secondary N) is 1. The Hall–Kier alpha value is -3.76. The van der Waals surface area contributed by atoms with Crippen molar-refractivity contribution in [1.29, 1.82) is 0 Å². The molecule has 10 nitrogen and oxygen atoms in total. The van der Waals surface area contributed by atoms with Gasteiger partial charge in [0, 0.05) is 36.5 Å². The first-order valence-corrected chi connectivity index (χ1v) is 10.1. The number of benzene rings is 2. The average molecular weight is 455 g/mol. The quantitative estimate of drug-likeness (QED) is 0.347. The van der Waals surface area contributed by atoms with Gasteiger partial charge in [-0.25, -0.2) is 0 Å². The molecule has 0 saturated carbocycles. The van der Waals surface area contributed by atoms with E-state index in [4.69, 9.17) is 4.74 Å². The number of carbonyl (C=O) groups excluding carboxylic acids is 4. The minimum atomic E-state index is -2.18. The van der Waals surface area contributed by atoms with E-state index in [9.17, 15) is 39.6 Å². The molecule has 2 aliphatic carbocycles. The zero-order valence-corrected chi connectivity index (χ0v) is 17.8. The Balaban J connectivity index is 1.89. The Morgan fingerprint density at radius 2 is 1.79 bits per heavy atom. The number of amides is 1. The highest BCUT2D eigenvalue weighted by Crippen LogP contribution is 2.50. The normalized spacial score (nSPS) is 21.0. The Morgan fingerprint density at radius 1 is 1.12 bits per heavy atom. The third-order valence-corrected chi connectivity index (χ3v) is 6.11. The second kappa shape index (κ2) is 7.68. The van der Waals surface area contributed by atoms with Crippen LogP contribution in [0.3, 0.4) is 0 Å². The maximum Gasteiger partial charge on any atom is 0.217 e. The molecule has 0 aliphatic heterocycles. The zero-order chi connectivity index (χ0) is 24.2. The van der Waals surface area contributed by atoms with Gasteiger partial charge in [0.2, 0.25) is 11.7 Å². The first-order valence-electron chi connectivity index (χ1n) is 10.1. The number of fused-ring (bicyclic) bond motifs is 3. The van der Waals surface area contributed by atoms with Gasteiger partial charge in [0.05, 0.1) is 36.4 Å². The van der Waals surface area contributed by atoms with E-state index in [2.05, 4.69) is 5.32 Å². The number of aromatic hydroxyl groups is 2. The first kappa shape index (κ1) is 22.4. The van der Waals surface area contributed by atoms with Crippen molar-refractivity contribution in [2.75, 3.05) is 13.7 Å². The number of hydrogen-bond acceptors (Lipinski definition) is 9. The summed E-state index contributed by atoms with van der Waals surface area (Å²) in [5.41, 5.74) is -3.76. The molecule has 10 heteroatoms. The van der Waals surface area contributed by atoms with Crippen LogP contribution in [0.25, 0.3) is 0 Å². The summed E-state index contributed by atoms with van der Waals surface area (Å²) in [7, 11) is 1.32. The molecule has 0 unspecified atom stereocenters. The molecule has 0 saturated heterocycles. The van der Waals surface area contributed by atoms with Crippen molar-refractivity contribution in [3.63, 3.8) is 0 Å². The fourth-order valence-electron chi connectivity index (χ4n) is 4.53. The predicted octanol–water partition coefficient (Wildman–Crippen LogP) is 0.298. The lowest BCUT2D eigenvalue weighted by molar-refractivity contribution is -0.142. The number of aliphatic hydroxyl groups excluding tert-OH is 1. The van der Waals surface area contributed by atoms with Crippen molar-refractivity contribution in [3.8, 4) is 17.2 Å². The van der Waals surface area contributed by atoms with Gasteiger partial charge in [-0.15, -0.1) is 0 Å². The van der Waals surface area contributed by atoms with Gasteiger partial charge in [0.25, 0.3) is 0 Å². The molecule has 0 heterocycles. The molecule has 1 amide bonds. The van der Waals surface area contributed by atoms with Crippen molar-refractivity contribution < 1.29 is 44.3 Å². The number of methoxy groups -OCH3 is 1. The molecule has 2 atom stereocenters. The fourth-order valence-corrected chi connectivity index (χ4v) is 4.53. The number of aliphatic hydroxyl groups is 2. The highest BCUT2D eigenvalue weighted by Gasteiger charge is 2.48. The van der Waals surface area contributed by atoms with Crippen molar-refractivity contribution in [2.45, 2.75) is 31.5 Å². The minimum Gasteiger partial charge on any atom is -0.507 e. The maximum absolute atomic E-state index is 13.3. The topological polar surface area (TPSA) is 170 Å². The molecular formula is C23H21NO9. The number of ketones is 3. The van der Waals surface area contributed by atoms with E-state index in [0.717, 1.165) is 0 Å². The molecule has 2 aromatic rings. The SMILES string of the molecule is COc1cccc2c1C(=O)c1c(O)c3c(c(O)c1C2=O)C[C@](O)(C(=O)CNC(C)=O)C[C@@H]3O. The van der Waals surface area contributed by atoms with E-state index in [1.807, 2.05) is 0 Å². The van der Waals surface area contributed by atoms with Crippen molar-refractivity contribution >= 4 is 23.3 Å². The van der Waals surface area contributed by atoms with Crippen LogP contribution in [0.5, 0.6) is 17.2 Å². The third-order valence-electron chi connectivity index (χ3n) is 6.11. The second-order valence-corrected chi connectivity index (χ2v) is 8.14. The lowest BCUT2D eigenvalue weighted by Crippen LogP contribution is -2.49. The van der Waals surface area contributed by atoms with E-state index in [1.165, 1.54) is 32.2 Å². The number of carbonyl (C=O) groups is 4. The Morgan fingerprint density at radius 3 is 2.42 bits per heavy atom. The summed E-state index contributed by atoms with van der Waals surface area (Å²) in [6.07, 6.45) is -2.73. The van der Waals surface area contributed by atoms with Crippen LogP contribution in [0.2, 0.25) is 0 Å². The van der Waals surface area contributed by atoms with Crippen LogP contribution in [0.15, 0.2) is 18.2 Å². The van der Waals surface area contributed by atoms with Crippen LogP contribution in [0.4, 0.5) is 0 Å². The standard InChI is InChI=1S/C23H21NO9/c1-9(25)24-8-14(27)23(32)6-11-15(12(26)7-23)21(30)18-17(20(11)29)19(28)10-4-3-5-13(33-2)16(10)22(18)31/h3-5,12,26,29-30,32H,6-8H2,1-2H3,(H,24,25)/t12-,23+/m0/s1. The molecule has 0 aromatic heterocycles. The van der Waals surface area contributed by atoms with Crippen LogP contribution in [-0.2, 0) is 16.0 Å². The molecule has 2 aromatic carbocycles. The summed E-state index contributed by atoms with van der Waals surface area (Å²) in [6, 6.07) is 4.34. The first-order chi connectivity index (χ1) is 15.5. The van der Waals surface area contributed by atoms with Gasteiger partial charge in [-0.2, -0.15) is 0 Å². The van der Waals surface area contributed by atoms with Gasteiger partial charge in [-0.3, -0.25) is 19.2 Å². The van der Waals surface area contributed by atoms with Gasteiger partial charge in [0.1, 0.15) is 22.8 Å². The predicted molar refractivity (Wildman–Crippen MR) is 112 cm³/mol. The molecule has 5 N–H and O–H groups in total. The summed E-state index contributed by atoms with van der Waals surface area (Å²) in [5.74, 6) is -4.19. The Bertz CT molecular complexity index is 1250. The number of Topliss-reactive ketones (excluding diaryl/α,β-unsaturated/α-hetero) is 1. The van der Waals surface area contributed by atoms with Crippen molar-refractivity contribution in [2.24, 2.45) is 0 Å². The molecule has 0 fully saturated rings. The number of phenols is 2.